The molecule has 0 aromatic heterocycles. The van der Waals surface area contributed by atoms with Gasteiger partial charge in [-0.25, -0.2) is 0 Å². The molecule has 0 N–H and O–H groups in total. The summed E-state index contributed by atoms with van der Waals surface area (Å²) in [5.41, 5.74) is 0. The lowest BCUT2D eigenvalue weighted by Gasteiger charge is -2.35. The van der Waals surface area contributed by atoms with Gasteiger partial charge in [-0.15, -0.1) is 35.1 Å². The number of hydrogen-bond donors (Lipinski definition) is 0. The number of carbonyl (C=O) groups is 2. The Kier molecular flexibility index (Phi) is 8.26. The van der Waals surface area contributed by atoms with Crippen molar-refractivity contribution in [1.29, 1.82) is 0 Å². The van der Waals surface area contributed by atoms with Crippen LogP contribution in [0.4, 0.5) is 0 Å². The number of carbonyl (C=O) groups excluding carboxylic acids is 2. The lowest BCUT2D eigenvalue weighted by molar-refractivity contribution is -0.141. The van der Waals surface area contributed by atoms with Crippen LogP contribution in [0.1, 0.15) is 38.5 Å². The van der Waals surface area contributed by atoms with Gasteiger partial charge < -0.3 is 4.74 Å². The summed E-state index contributed by atoms with van der Waals surface area (Å²) in [6.45, 7) is 0. The number of hydrogen-bond acceptors (Lipinski definition) is 5. The van der Waals surface area contributed by atoms with Crippen LogP contribution in [0, 0.1) is 0 Å². The molecule has 6 heteroatoms. The number of methoxy groups -OCH3 is 1. The summed E-state index contributed by atoms with van der Waals surface area (Å²) in [5, 5.41) is 0. The zero-order valence-corrected chi connectivity index (χ0v) is 13.7. The first-order chi connectivity index (χ1) is 9.12. The molecule has 1 aliphatic heterocycles. The van der Waals surface area contributed by atoms with Crippen molar-refractivity contribution in [2.75, 3.05) is 24.5 Å². The van der Waals surface area contributed by atoms with Crippen molar-refractivity contribution in [3.63, 3.8) is 0 Å². The van der Waals surface area contributed by atoms with Crippen molar-refractivity contribution >= 4 is 46.9 Å². The largest absolute Gasteiger partial charge is 0.469 e. The van der Waals surface area contributed by atoms with Crippen molar-refractivity contribution in [2.45, 2.75) is 42.6 Å². The van der Waals surface area contributed by atoms with Gasteiger partial charge in [0.05, 0.1) is 17.6 Å². The Morgan fingerprint density at radius 3 is 2.53 bits per heavy atom. The quantitative estimate of drug-likeness (QED) is 0.505. The molecule has 0 amide bonds. The van der Waals surface area contributed by atoms with Gasteiger partial charge in [-0.05, 0) is 30.8 Å². The molecule has 0 aromatic rings. The van der Waals surface area contributed by atoms with E-state index in [9.17, 15) is 9.59 Å². The predicted octanol–water partition coefficient (Wildman–Crippen LogP) is 3.48. The van der Waals surface area contributed by atoms with Gasteiger partial charge in [0, 0.05) is 18.7 Å². The molecular weight excluding hydrogens is 304 g/mol. The molecule has 1 heterocycles. The van der Waals surface area contributed by atoms with Crippen molar-refractivity contribution < 1.29 is 14.3 Å². The third-order valence-corrected chi connectivity index (χ3v) is 6.72. The Morgan fingerprint density at radius 2 is 1.95 bits per heavy atom. The second-order valence-electron chi connectivity index (χ2n) is 4.55. The molecule has 0 aliphatic carbocycles. The van der Waals surface area contributed by atoms with E-state index in [0.717, 1.165) is 24.3 Å². The zero-order chi connectivity index (χ0) is 14.1. The van der Waals surface area contributed by atoms with Crippen molar-refractivity contribution in [3.8, 4) is 0 Å². The van der Waals surface area contributed by atoms with Crippen LogP contribution in [-0.2, 0) is 14.3 Å². The lowest BCUT2D eigenvalue weighted by atomic mass is 10.1. The van der Waals surface area contributed by atoms with E-state index in [-0.39, 0.29) is 28.7 Å². The Balaban J connectivity index is 2.46. The minimum atomic E-state index is -0.313. The van der Waals surface area contributed by atoms with E-state index in [1.54, 1.807) is 0 Å². The monoisotopic (exact) mass is 324 g/mol. The van der Waals surface area contributed by atoms with E-state index in [4.69, 9.17) is 11.6 Å². The van der Waals surface area contributed by atoms with Gasteiger partial charge in [-0.2, -0.15) is 0 Å². The summed E-state index contributed by atoms with van der Waals surface area (Å²) in [6, 6.07) is 0. The minimum Gasteiger partial charge on any atom is -0.469 e. The molecular formula is C13H21ClO3S2. The number of thioether (sulfide) groups is 2. The fraction of sp³-hybridized carbons (Fsp3) is 0.846. The van der Waals surface area contributed by atoms with Gasteiger partial charge in [0.15, 0.2) is 0 Å². The maximum Gasteiger partial charge on any atom is 0.305 e. The number of ether oxygens (including phenoxy) is 1. The fourth-order valence-electron chi connectivity index (χ4n) is 2.02. The van der Waals surface area contributed by atoms with E-state index in [1.165, 1.54) is 13.5 Å². The van der Waals surface area contributed by atoms with E-state index in [1.807, 2.05) is 23.5 Å². The summed E-state index contributed by atoms with van der Waals surface area (Å²) >= 11 is 9.55. The molecule has 0 bridgehead atoms. The smallest absolute Gasteiger partial charge is 0.305 e. The Labute approximate surface area is 128 Å². The third kappa shape index (κ3) is 6.41. The molecule has 0 aromatic carbocycles. The molecule has 19 heavy (non-hydrogen) atoms. The summed E-state index contributed by atoms with van der Waals surface area (Å²) in [4.78, 5) is 23.1. The number of alkyl halides is 1. The highest BCUT2D eigenvalue weighted by molar-refractivity contribution is 8.18. The number of Topliss-reactive ketones (excluding diaryl/α,β-unsaturated/α-hetero) is 1. The maximum atomic E-state index is 12.0. The number of rotatable bonds is 8. The first-order valence-corrected chi connectivity index (χ1v) is 9.05. The molecule has 1 rings (SSSR count). The molecule has 0 saturated carbocycles. The molecule has 0 atom stereocenters. The fourth-order valence-corrected chi connectivity index (χ4v) is 5.59. The van der Waals surface area contributed by atoms with Crippen LogP contribution in [0.3, 0.4) is 0 Å². The lowest BCUT2D eigenvalue weighted by Crippen LogP contribution is -2.29. The third-order valence-electron chi connectivity index (χ3n) is 3.01. The predicted molar refractivity (Wildman–Crippen MR) is 83.1 cm³/mol. The van der Waals surface area contributed by atoms with Crippen molar-refractivity contribution in [3.05, 3.63) is 0 Å². The van der Waals surface area contributed by atoms with Gasteiger partial charge in [0.25, 0.3) is 0 Å². The number of ketones is 1. The summed E-state index contributed by atoms with van der Waals surface area (Å²) in [6.07, 6.45) is 4.12. The molecule has 0 unspecified atom stereocenters. The van der Waals surface area contributed by atoms with E-state index in [2.05, 4.69) is 4.74 Å². The summed E-state index contributed by atoms with van der Waals surface area (Å²) in [7, 11) is 1.35. The normalized spacial score (nSPS) is 18.0. The second kappa shape index (κ2) is 9.14. The van der Waals surface area contributed by atoms with Crippen LogP contribution in [0.5, 0.6) is 0 Å². The highest BCUT2D eigenvalue weighted by Gasteiger charge is 2.35. The average Bonchev–Trinajstić information content (AvgIpc) is 2.43. The Bertz CT molecular complexity index is 304. The standard InChI is InChI=1S/C13H21ClO3S2/c1-17-12(16)5-4-11(15)10-13(6-2-7-14)18-8-3-9-19-13/h2-10H2,1H3. The zero-order valence-electron chi connectivity index (χ0n) is 11.3. The van der Waals surface area contributed by atoms with Gasteiger partial charge in [0.1, 0.15) is 5.78 Å². The molecule has 3 nitrogen and oxygen atoms in total. The van der Waals surface area contributed by atoms with Crippen molar-refractivity contribution in [1.82, 2.24) is 0 Å². The highest BCUT2D eigenvalue weighted by Crippen LogP contribution is 2.48. The number of halogens is 1. The average molecular weight is 325 g/mol. The Hall–Kier alpha value is 0.130. The molecule has 110 valence electrons. The van der Waals surface area contributed by atoms with Gasteiger partial charge in [-0.3, -0.25) is 9.59 Å². The van der Waals surface area contributed by atoms with Gasteiger partial charge in [0.2, 0.25) is 0 Å². The minimum absolute atomic E-state index is 0.0135. The molecule has 0 spiro atoms. The van der Waals surface area contributed by atoms with Crippen LogP contribution in [0.15, 0.2) is 0 Å². The van der Waals surface area contributed by atoms with Crippen LogP contribution < -0.4 is 0 Å². The molecule has 0 radical (unpaired) electrons. The number of esters is 1. The molecule has 1 saturated heterocycles. The maximum absolute atomic E-state index is 12.0. The SMILES string of the molecule is COC(=O)CCC(=O)CC1(CCCCl)SCCCS1. The molecule has 1 fully saturated rings. The van der Waals surface area contributed by atoms with Crippen molar-refractivity contribution in [2.24, 2.45) is 0 Å². The van der Waals surface area contributed by atoms with Crippen LogP contribution in [0.2, 0.25) is 0 Å². The first-order valence-electron chi connectivity index (χ1n) is 6.54. The molecule has 1 aliphatic rings. The first kappa shape index (κ1) is 17.2. The second-order valence-corrected chi connectivity index (χ2v) is 8.14. The van der Waals surface area contributed by atoms with E-state index < -0.39 is 0 Å². The van der Waals surface area contributed by atoms with E-state index in [0.29, 0.717) is 12.3 Å². The van der Waals surface area contributed by atoms with Crippen LogP contribution >= 0.6 is 35.1 Å². The van der Waals surface area contributed by atoms with Crippen LogP contribution in [0.25, 0.3) is 0 Å². The highest BCUT2D eigenvalue weighted by atomic mass is 35.5. The van der Waals surface area contributed by atoms with Gasteiger partial charge >= 0.3 is 5.97 Å². The van der Waals surface area contributed by atoms with E-state index >= 15 is 0 Å². The Morgan fingerprint density at radius 1 is 1.26 bits per heavy atom. The summed E-state index contributed by atoms with van der Waals surface area (Å²) < 4.78 is 4.55. The topological polar surface area (TPSA) is 43.4 Å². The van der Waals surface area contributed by atoms with Gasteiger partial charge in [-0.1, -0.05) is 0 Å². The summed E-state index contributed by atoms with van der Waals surface area (Å²) in [5.74, 6) is 2.70. The van der Waals surface area contributed by atoms with Crippen LogP contribution in [-0.4, -0.2) is 40.3 Å².